The molecule has 1 amide bonds. The number of furan rings is 1. The van der Waals surface area contributed by atoms with Crippen molar-refractivity contribution in [3.8, 4) is 17.4 Å². The summed E-state index contributed by atoms with van der Waals surface area (Å²) in [6.07, 6.45) is 1.25. The molecule has 0 aliphatic heterocycles. The lowest BCUT2D eigenvalue weighted by Crippen LogP contribution is -2.16. The van der Waals surface area contributed by atoms with Crippen molar-refractivity contribution in [3.63, 3.8) is 0 Å². The maximum Gasteiger partial charge on any atom is 0.341 e. The number of anilines is 1. The van der Waals surface area contributed by atoms with Crippen LogP contribution in [-0.4, -0.2) is 29.6 Å². The molecule has 0 radical (unpaired) electrons. The molecule has 0 saturated heterocycles. The molecule has 8 nitrogen and oxygen atoms in total. The first-order chi connectivity index (χ1) is 16.2. The molecule has 0 atom stereocenters. The minimum Gasteiger partial charge on any atom is -0.478 e. The van der Waals surface area contributed by atoms with Gasteiger partial charge in [0.05, 0.1) is 22.8 Å². The molecule has 2 N–H and O–H groups in total. The number of carboxylic acid groups (broad SMARTS) is 1. The summed E-state index contributed by atoms with van der Waals surface area (Å²) in [6.45, 7) is 5.44. The molecule has 34 heavy (non-hydrogen) atoms. The van der Waals surface area contributed by atoms with E-state index in [1.54, 1.807) is 32.0 Å². The van der Waals surface area contributed by atoms with E-state index in [-0.39, 0.29) is 34.1 Å². The number of nitrogens with one attached hydrogen (secondary N) is 1. The predicted octanol–water partition coefficient (Wildman–Crippen LogP) is 5.70. The average molecular weight is 499 g/mol. The molecule has 10 heteroatoms. The van der Waals surface area contributed by atoms with Crippen molar-refractivity contribution in [1.29, 1.82) is 5.26 Å². The van der Waals surface area contributed by atoms with Crippen LogP contribution in [0.1, 0.15) is 43.8 Å². The van der Waals surface area contributed by atoms with Crippen LogP contribution in [-0.2, 0) is 9.53 Å². The van der Waals surface area contributed by atoms with Crippen molar-refractivity contribution in [3.05, 3.63) is 68.3 Å². The van der Waals surface area contributed by atoms with E-state index >= 15 is 0 Å². The molecule has 0 spiro atoms. The first kappa shape index (κ1) is 24.8. The third-order valence-electron chi connectivity index (χ3n) is 4.85. The summed E-state index contributed by atoms with van der Waals surface area (Å²) in [5.41, 5.74) is 1.09. The number of carbonyl (C=O) groups excluding carboxylic acids is 2. The number of benzene rings is 1. The fourth-order valence-electron chi connectivity index (χ4n) is 3.05. The molecule has 0 aliphatic rings. The molecular formula is C24H19ClN2O6S. The van der Waals surface area contributed by atoms with E-state index in [2.05, 4.69) is 5.32 Å². The van der Waals surface area contributed by atoms with Crippen LogP contribution in [0.4, 0.5) is 5.00 Å². The van der Waals surface area contributed by atoms with E-state index < -0.39 is 17.8 Å². The number of thiophene rings is 1. The second-order valence-corrected chi connectivity index (χ2v) is 8.67. The zero-order valence-corrected chi connectivity index (χ0v) is 20.0. The maximum absolute atomic E-state index is 12.8. The fourth-order valence-corrected chi connectivity index (χ4v) is 4.30. The normalized spacial score (nSPS) is 11.1. The van der Waals surface area contributed by atoms with Gasteiger partial charge in [-0.15, -0.1) is 11.3 Å². The van der Waals surface area contributed by atoms with Crippen LogP contribution in [0.5, 0.6) is 0 Å². The van der Waals surface area contributed by atoms with Crippen LogP contribution < -0.4 is 5.32 Å². The number of halogens is 1. The first-order valence-corrected chi connectivity index (χ1v) is 11.2. The molecule has 1 aromatic carbocycles. The molecule has 0 unspecified atom stereocenters. The van der Waals surface area contributed by atoms with Gasteiger partial charge in [0.2, 0.25) is 0 Å². The molecular weight excluding hydrogens is 480 g/mol. The number of hydrogen-bond donors (Lipinski definition) is 2. The molecule has 2 heterocycles. The summed E-state index contributed by atoms with van der Waals surface area (Å²) >= 11 is 7.11. The topological polar surface area (TPSA) is 130 Å². The Labute approximate surface area is 204 Å². The van der Waals surface area contributed by atoms with E-state index in [1.807, 2.05) is 13.0 Å². The molecule has 0 fully saturated rings. The largest absolute Gasteiger partial charge is 0.478 e. The number of aromatic carboxylic acids is 1. The van der Waals surface area contributed by atoms with Crippen LogP contribution in [0.2, 0.25) is 5.02 Å². The third-order valence-corrected chi connectivity index (χ3v) is 6.30. The fraction of sp³-hybridized carbons (Fsp3) is 0.167. The standard InChI is InChI=1S/C24H19ClN2O6S/c1-4-32-24(31)20-12(2)13(3)34-22(20)27-21(28)15(11-26)9-16-6-8-19(33-16)14-5-7-18(25)17(10-14)23(29)30/h5-10H,4H2,1-3H3,(H,27,28)(H,29,30). The van der Waals surface area contributed by atoms with Gasteiger partial charge in [-0.3, -0.25) is 4.79 Å². The summed E-state index contributed by atoms with van der Waals surface area (Å²) in [7, 11) is 0. The Morgan fingerprint density at radius 2 is 2.00 bits per heavy atom. The number of esters is 1. The third kappa shape index (κ3) is 5.20. The van der Waals surface area contributed by atoms with Gasteiger partial charge in [0.25, 0.3) is 5.91 Å². The Morgan fingerprint density at radius 1 is 1.26 bits per heavy atom. The maximum atomic E-state index is 12.8. The van der Waals surface area contributed by atoms with Gasteiger partial charge in [-0.05, 0) is 56.7 Å². The highest BCUT2D eigenvalue weighted by Crippen LogP contribution is 2.33. The molecule has 3 aromatic rings. The number of nitrogens with zero attached hydrogens (tertiary/aromatic N) is 1. The summed E-state index contributed by atoms with van der Waals surface area (Å²) in [5, 5.41) is 21.8. The molecule has 0 bridgehead atoms. The van der Waals surface area contributed by atoms with Crippen molar-refractivity contribution in [2.75, 3.05) is 11.9 Å². The highest BCUT2D eigenvalue weighted by atomic mass is 35.5. The second-order valence-electron chi connectivity index (χ2n) is 7.03. The van der Waals surface area contributed by atoms with Crippen molar-refractivity contribution in [2.45, 2.75) is 20.8 Å². The summed E-state index contributed by atoms with van der Waals surface area (Å²) in [6, 6.07) is 9.36. The van der Waals surface area contributed by atoms with Crippen LogP contribution >= 0.6 is 22.9 Å². The molecule has 3 rings (SSSR count). The molecule has 2 aromatic heterocycles. The van der Waals surface area contributed by atoms with E-state index in [1.165, 1.54) is 29.5 Å². The van der Waals surface area contributed by atoms with Crippen molar-refractivity contribution in [1.82, 2.24) is 0 Å². The van der Waals surface area contributed by atoms with E-state index in [0.29, 0.717) is 21.9 Å². The number of carboxylic acids is 1. The SMILES string of the molecule is CCOC(=O)c1c(NC(=O)C(C#N)=Cc2ccc(-c3ccc(Cl)c(C(=O)O)c3)o2)sc(C)c1C. The van der Waals surface area contributed by atoms with E-state index in [4.69, 9.17) is 20.8 Å². The minimum absolute atomic E-state index is 0.0799. The molecule has 0 saturated carbocycles. The van der Waals surface area contributed by atoms with Gasteiger partial charge in [-0.1, -0.05) is 11.6 Å². The number of rotatable bonds is 7. The number of ether oxygens (including phenoxy) is 1. The van der Waals surface area contributed by atoms with Crippen molar-refractivity contribution < 1.29 is 28.6 Å². The van der Waals surface area contributed by atoms with Crippen LogP contribution in [0.3, 0.4) is 0 Å². The highest BCUT2D eigenvalue weighted by Gasteiger charge is 2.23. The zero-order chi connectivity index (χ0) is 25.0. The van der Waals surface area contributed by atoms with Gasteiger partial charge in [-0.2, -0.15) is 5.26 Å². The van der Waals surface area contributed by atoms with Crippen molar-refractivity contribution in [2.24, 2.45) is 0 Å². The molecule has 0 aliphatic carbocycles. The Morgan fingerprint density at radius 3 is 2.65 bits per heavy atom. The Balaban J connectivity index is 1.87. The second kappa shape index (κ2) is 10.4. The Bertz CT molecular complexity index is 1360. The van der Waals surface area contributed by atoms with Gasteiger partial charge >= 0.3 is 11.9 Å². The predicted molar refractivity (Wildman–Crippen MR) is 128 cm³/mol. The minimum atomic E-state index is -1.18. The van der Waals surface area contributed by atoms with E-state index in [0.717, 1.165) is 4.88 Å². The lowest BCUT2D eigenvalue weighted by Gasteiger charge is -2.06. The van der Waals surface area contributed by atoms with Gasteiger partial charge in [0.1, 0.15) is 28.2 Å². The molecule has 174 valence electrons. The number of amides is 1. The summed E-state index contributed by atoms with van der Waals surface area (Å²) in [5.74, 6) is -1.91. The smallest absolute Gasteiger partial charge is 0.341 e. The van der Waals surface area contributed by atoms with E-state index in [9.17, 15) is 24.8 Å². The summed E-state index contributed by atoms with van der Waals surface area (Å²) < 4.78 is 10.8. The lowest BCUT2D eigenvalue weighted by molar-refractivity contribution is -0.112. The number of hydrogen-bond acceptors (Lipinski definition) is 7. The quantitative estimate of drug-likeness (QED) is 0.243. The Kier molecular flexibility index (Phi) is 7.56. The monoisotopic (exact) mass is 498 g/mol. The highest BCUT2D eigenvalue weighted by molar-refractivity contribution is 7.16. The van der Waals surface area contributed by atoms with Crippen LogP contribution in [0, 0.1) is 25.2 Å². The van der Waals surface area contributed by atoms with Crippen LogP contribution in [0.25, 0.3) is 17.4 Å². The lowest BCUT2D eigenvalue weighted by atomic mass is 10.1. The first-order valence-electron chi connectivity index (χ1n) is 9.99. The average Bonchev–Trinajstić information content (AvgIpc) is 3.36. The zero-order valence-electron chi connectivity index (χ0n) is 18.4. The Hall–Kier alpha value is -3.87. The van der Waals surface area contributed by atoms with Gasteiger partial charge < -0.3 is 19.6 Å². The number of nitriles is 1. The van der Waals surface area contributed by atoms with Crippen molar-refractivity contribution >= 4 is 51.9 Å². The van der Waals surface area contributed by atoms with Gasteiger partial charge in [-0.25, -0.2) is 9.59 Å². The number of carbonyl (C=O) groups is 3. The van der Waals surface area contributed by atoms with Gasteiger partial charge in [0.15, 0.2) is 0 Å². The number of aryl methyl sites for hydroxylation is 1. The van der Waals surface area contributed by atoms with Crippen LogP contribution in [0.15, 0.2) is 40.3 Å². The summed E-state index contributed by atoms with van der Waals surface area (Å²) in [4.78, 5) is 37.2. The van der Waals surface area contributed by atoms with Gasteiger partial charge in [0, 0.05) is 16.5 Å².